The minimum absolute atomic E-state index is 0.168. The largest absolute Gasteiger partial charge is 0.346 e. The van der Waals surface area contributed by atoms with E-state index >= 15 is 0 Å². The molecule has 4 rings (SSSR count). The number of hydrogen-bond donors (Lipinski definition) is 1. The first-order valence-electron chi connectivity index (χ1n) is 7.90. The number of fused-ring (bicyclic) bond motifs is 1. The third kappa shape index (κ3) is 2.16. The molecule has 1 N–H and O–H groups in total. The van der Waals surface area contributed by atoms with Crippen LogP contribution in [-0.2, 0) is 5.54 Å². The number of rotatable bonds is 4. The Balaban J connectivity index is 1.69. The summed E-state index contributed by atoms with van der Waals surface area (Å²) < 4.78 is 1.97. The number of nitrogens with zero attached hydrogens (tertiary/aromatic N) is 5. The van der Waals surface area contributed by atoms with Crippen LogP contribution < -0.4 is 0 Å². The molecule has 3 aromatic heterocycles. The fraction of sp³-hybridized carbons (Fsp3) is 0.333. The molecule has 118 valence electrons. The van der Waals surface area contributed by atoms with Gasteiger partial charge in [0.2, 0.25) is 0 Å². The zero-order valence-corrected chi connectivity index (χ0v) is 13.1. The Bertz CT molecular complexity index is 961. The van der Waals surface area contributed by atoms with E-state index < -0.39 is 0 Å². The Morgan fingerprint density at radius 1 is 1.42 bits per heavy atom. The van der Waals surface area contributed by atoms with Crippen molar-refractivity contribution < 1.29 is 0 Å². The smallest absolute Gasteiger partial charge is 0.141 e. The third-order valence-corrected chi connectivity index (χ3v) is 4.84. The van der Waals surface area contributed by atoms with E-state index in [4.69, 9.17) is 11.7 Å². The van der Waals surface area contributed by atoms with Crippen LogP contribution in [0.25, 0.3) is 22.3 Å². The normalized spacial score (nSPS) is 22.7. The van der Waals surface area contributed by atoms with Gasteiger partial charge in [0.15, 0.2) is 0 Å². The molecule has 6 nitrogen and oxygen atoms in total. The van der Waals surface area contributed by atoms with Crippen molar-refractivity contribution in [1.29, 1.82) is 5.26 Å². The summed E-state index contributed by atoms with van der Waals surface area (Å²) in [6.07, 6.45) is 15.8. The molecule has 1 aliphatic carbocycles. The van der Waals surface area contributed by atoms with Crippen LogP contribution in [0.4, 0.5) is 0 Å². The Morgan fingerprint density at radius 3 is 3.08 bits per heavy atom. The molecular formula is C18H16N6. The number of aromatic amines is 1. The van der Waals surface area contributed by atoms with E-state index in [2.05, 4.69) is 32.0 Å². The highest BCUT2D eigenvalue weighted by Crippen LogP contribution is 2.47. The Labute approximate surface area is 139 Å². The lowest BCUT2D eigenvalue weighted by molar-refractivity contribution is 0.0604. The van der Waals surface area contributed by atoms with Gasteiger partial charge in [0, 0.05) is 36.2 Å². The number of terminal acetylenes is 1. The fourth-order valence-electron chi connectivity index (χ4n) is 3.70. The molecule has 0 unspecified atom stereocenters. The van der Waals surface area contributed by atoms with Gasteiger partial charge in [0.25, 0.3) is 0 Å². The molecule has 0 saturated heterocycles. The van der Waals surface area contributed by atoms with Crippen molar-refractivity contribution in [3.63, 3.8) is 0 Å². The SMILES string of the molecule is C#CCC1(n2cc(-c3ncnc4[nH]ccc34)cn2)CC(CC#N)C1. The second-order valence-electron chi connectivity index (χ2n) is 6.38. The summed E-state index contributed by atoms with van der Waals surface area (Å²) in [4.78, 5) is 11.7. The maximum absolute atomic E-state index is 8.88. The lowest BCUT2D eigenvalue weighted by Crippen LogP contribution is -2.46. The first-order valence-corrected chi connectivity index (χ1v) is 7.90. The van der Waals surface area contributed by atoms with E-state index in [-0.39, 0.29) is 5.54 Å². The predicted molar refractivity (Wildman–Crippen MR) is 89.5 cm³/mol. The molecule has 0 amide bonds. The molecule has 24 heavy (non-hydrogen) atoms. The van der Waals surface area contributed by atoms with Gasteiger partial charge in [-0.15, -0.1) is 12.3 Å². The summed E-state index contributed by atoms with van der Waals surface area (Å²) in [7, 11) is 0. The van der Waals surface area contributed by atoms with Gasteiger partial charge in [-0.05, 0) is 24.8 Å². The first kappa shape index (κ1) is 14.5. The fourth-order valence-corrected chi connectivity index (χ4v) is 3.70. The molecule has 3 aromatic rings. The summed E-state index contributed by atoms with van der Waals surface area (Å²) >= 11 is 0. The van der Waals surface area contributed by atoms with Gasteiger partial charge in [-0.25, -0.2) is 9.97 Å². The summed E-state index contributed by atoms with van der Waals surface area (Å²) in [5.74, 6) is 3.18. The average Bonchev–Trinajstić information content (AvgIpc) is 3.21. The lowest BCUT2D eigenvalue weighted by Gasteiger charge is -2.46. The van der Waals surface area contributed by atoms with Gasteiger partial charge in [0.1, 0.15) is 12.0 Å². The van der Waals surface area contributed by atoms with Crippen LogP contribution in [0, 0.1) is 29.6 Å². The van der Waals surface area contributed by atoms with Crippen molar-refractivity contribution in [3.05, 3.63) is 31.0 Å². The number of hydrogen-bond acceptors (Lipinski definition) is 4. The van der Waals surface area contributed by atoms with Crippen LogP contribution in [0.2, 0.25) is 0 Å². The van der Waals surface area contributed by atoms with Crippen molar-refractivity contribution in [3.8, 4) is 29.7 Å². The van der Waals surface area contributed by atoms with Gasteiger partial charge in [-0.1, -0.05) is 0 Å². The summed E-state index contributed by atoms with van der Waals surface area (Å²) in [6.45, 7) is 0. The second-order valence-corrected chi connectivity index (χ2v) is 6.38. The summed E-state index contributed by atoms with van der Waals surface area (Å²) in [5.41, 5.74) is 2.45. The van der Waals surface area contributed by atoms with E-state index in [9.17, 15) is 0 Å². The molecule has 3 heterocycles. The second kappa shape index (κ2) is 5.50. The molecule has 0 aromatic carbocycles. The van der Waals surface area contributed by atoms with Crippen LogP contribution in [0.3, 0.4) is 0 Å². The molecule has 0 spiro atoms. The van der Waals surface area contributed by atoms with Crippen LogP contribution in [0.1, 0.15) is 25.7 Å². The van der Waals surface area contributed by atoms with Gasteiger partial charge in [-0.2, -0.15) is 10.4 Å². The number of H-pyrrole nitrogens is 1. The average molecular weight is 316 g/mol. The van der Waals surface area contributed by atoms with Crippen molar-refractivity contribution in [2.75, 3.05) is 0 Å². The van der Waals surface area contributed by atoms with Crippen LogP contribution in [-0.4, -0.2) is 24.7 Å². The maximum atomic E-state index is 8.88. The van der Waals surface area contributed by atoms with Crippen molar-refractivity contribution in [2.24, 2.45) is 5.92 Å². The van der Waals surface area contributed by atoms with Gasteiger partial charge in [0.05, 0.1) is 23.5 Å². The summed E-state index contributed by atoms with van der Waals surface area (Å²) in [6, 6.07) is 4.21. The standard InChI is InChI=1S/C18H16N6/c1-2-5-18(8-13(9-18)3-6-19)24-11-14(10-23-24)16-15-4-7-20-17(15)22-12-21-16/h1,4,7,10-13H,3,5,8-9H2,(H,20,21,22). The number of nitrogens with one attached hydrogen (secondary N) is 1. The molecule has 1 saturated carbocycles. The van der Waals surface area contributed by atoms with E-state index in [0.29, 0.717) is 18.8 Å². The molecule has 1 aliphatic rings. The highest BCUT2D eigenvalue weighted by molar-refractivity contribution is 5.89. The molecular weight excluding hydrogens is 300 g/mol. The monoisotopic (exact) mass is 316 g/mol. The van der Waals surface area contributed by atoms with E-state index in [1.165, 1.54) is 0 Å². The van der Waals surface area contributed by atoms with Crippen molar-refractivity contribution in [2.45, 2.75) is 31.2 Å². The lowest BCUT2D eigenvalue weighted by atomic mass is 9.65. The first-order chi connectivity index (χ1) is 11.8. The number of nitriles is 1. The van der Waals surface area contributed by atoms with Gasteiger partial charge >= 0.3 is 0 Å². The van der Waals surface area contributed by atoms with Gasteiger partial charge < -0.3 is 4.98 Å². The highest BCUT2D eigenvalue weighted by atomic mass is 15.3. The zero-order valence-electron chi connectivity index (χ0n) is 13.1. The van der Waals surface area contributed by atoms with Crippen LogP contribution in [0.15, 0.2) is 31.0 Å². The highest BCUT2D eigenvalue weighted by Gasteiger charge is 2.45. The molecule has 1 fully saturated rings. The number of aromatic nitrogens is 5. The molecule has 0 atom stereocenters. The minimum Gasteiger partial charge on any atom is -0.346 e. The Kier molecular flexibility index (Phi) is 3.32. The molecule has 0 bridgehead atoms. The van der Waals surface area contributed by atoms with Crippen LogP contribution in [0.5, 0.6) is 0 Å². The van der Waals surface area contributed by atoms with Crippen molar-refractivity contribution in [1.82, 2.24) is 24.7 Å². The van der Waals surface area contributed by atoms with E-state index in [1.807, 2.05) is 29.3 Å². The quantitative estimate of drug-likeness (QED) is 0.750. The van der Waals surface area contributed by atoms with Crippen LogP contribution >= 0.6 is 0 Å². The van der Waals surface area contributed by atoms with E-state index in [1.54, 1.807) is 6.33 Å². The molecule has 0 radical (unpaired) electrons. The summed E-state index contributed by atoms with van der Waals surface area (Å²) in [5, 5.41) is 14.4. The minimum atomic E-state index is -0.168. The van der Waals surface area contributed by atoms with E-state index in [0.717, 1.165) is 35.1 Å². The topological polar surface area (TPSA) is 83.2 Å². The zero-order chi connectivity index (χ0) is 16.6. The third-order valence-electron chi connectivity index (χ3n) is 4.84. The Morgan fingerprint density at radius 2 is 2.29 bits per heavy atom. The molecule has 0 aliphatic heterocycles. The molecule has 6 heteroatoms. The van der Waals surface area contributed by atoms with Crippen molar-refractivity contribution >= 4 is 11.0 Å². The maximum Gasteiger partial charge on any atom is 0.141 e. The van der Waals surface area contributed by atoms with Gasteiger partial charge in [-0.3, -0.25) is 4.68 Å². The predicted octanol–water partition coefficient (Wildman–Crippen LogP) is 2.86. The Hall–Kier alpha value is -3.12.